The number of para-hydroxylation sites is 1. The fourth-order valence-corrected chi connectivity index (χ4v) is 7.20. The molecule has 8 rings (SSSR count). The van der Waals surface area contributed by atoms with Gasteiger partial charge in [0.05, 0.1) is 27.8 Å². The summed E-state index contributed by atoms with van der Waals surface area (Å²) in [6.45, 7) is -4.18. The first kappa shape index (κ1) is 23.1. The second-order valence-corrected chi connectivity index (χ2v) is 15.5. The molecule has 0 aliphatic heterocycles. The van der Waals surface area contributed by atoms with E-state index < -0.39 is 68.0 Å². The number of nitrogens with zero attached hydrogens (tertiary/aromatic N) is 3. The van der Waals surface area contributed by atoms with Gasteiger partial charge in [-0.25, -0.2) is 4.98 Å². The Labute approximate surface area is 360 Å². The van der Waals surface area contributed by atoms with Crippen LogP contribution in [0.15, 0.2) is 140 Å². The van der Waals surface area contributed by atoms with Crippen LogP contribution >= 0.6 is 0 Å². The Balaban J connectivity index is 1.36. The Hall–Kier alpha value is -6.26. The Kier molecular flexibility index (Phi) is 5.81. The topological polar surface area (TPSA) is 50.9 Å². The van der Waals surface area contributed by atoms with Crippen LogP contribution in [0.1, 0.15) is 91.1 Å². The van der Waals surface area contributed by atoms with Gasteiger partial charge in [0.25, 0.3) is 0 Å². The fraction of sp³-hybridized carbons (Fsp3) is 0.208. The number of aromatic hydroxyl groups is 1. The van der Waals surface area contributed by atoms with E-state index in [-0.39, 0.29) is 22.4 Å². The molecule has 0 unspecified atom stereocenters. The summed E-state index contributed by atoms with van der Waals surface area (Å²) in [6.07, 6.45) is 1.40. The van der Waals surface area contributed by atoms with Gasteiger partial charge in [0.2, 0.25) is 0 Å². The molecule has 8 aromatic rings. The van der Waals surface area contributed by atoms with Crippen LogP contribution in [0, 0.1) is 20.7 Å². The monoisotopic (exact) mass is 762 g/mol. The minimum Gasteiger partial charge on any atom is -0.507 e. The van der Waals surface area contributed by atoms with Crippen molar-refractivity contribution in [1.82, 2.24) is 14.5 Å². The highest BCUT2D eigenvalue weighted by molar-refractivity contribution is 5.97. The van der Waals surface area contributed by atoms with Crippen LogP contribution in [0.25, 0.3) is 72.7 Å². The number of hydrogen-bond donors (Lipinski definition) is 1. The van der Waals surface area contributed by atoms with Gasteiger partial charge in [0, 0.05) is 39.5 Å². The number of phenolic OH excluding ortho intramolecular Hbond substituents is 1. The normalized spacial score (nSPS) is 17.0. The third kappa shape index (κ3) is 7.29. The molecule has 0 radical (unpaired) electrons. The highest BCUT2D eigenvalue weighted by Crippen LogP contribution is 2.41. The van der Waals surface area contributed by atoms with Crippen molar-refractivity contribution in [3.63, 3.8) is 0 Å². The van der Waals surface area contributed by atoms with Gasteiger partial charge in [0.15, 0.2) is 0 Å². The first-order chi connectivity index (χ1) is 33.8. The van der Waals surface area contributed by atoms with E-state index in [0.29, 0.717) is 61.6 Å². The summed E-state index contributed by atoms with van der Waals surface area (Å²) in [5.41, 5.74) is 2.30. The van der Waals surface area contributed by atoms with Crippen LogP contribution in [-0.2, 0) is 10.8 Å². The SMILES string of the molecule is [2H]c1c([2H])c(C(C([2H])([2H])[2H])(C([2H])([2H])[2H])C([2H])([2H])[2H])c([2H])c([2H])c1-c1ccnc(-c2cc(-c3cccc4c3nc(-c3cc(C)cc(C)c3O)n4-c3ccc(-c4ccccc4)c(C([2H])([2H])[2H])c3)cc(C(C)(C)C)c2)c1. The molecule has 0 saturated carbocycles. The quantitative estimate of drug-likeness (QED) is 0.184. The molecule has 0 saturated heterocycles. The first-order valence-corrected chi connectivity index (χ1v) is 18.6. The lowest BCUT2D eigenvalue weighted by atomic mass is 9.83. The van der Waals surface area contributed by atoms with Crippen molar-refractivity contribution in [2.24, 2.45) is 0 Å². The number of pyridine rings is 1. The van der Waals surface area contributed by atoms with Gasteiger partial charge in [-0.2, -0.15) is 0 Å². The van der Waals surface area contributed by atoms with Crippen molar-refractivity contribution in [3.8, 4) is 67.5 Å². The highest BCUT2D eigenvalue weighted by Gasteiger charge is 2.23. The Morgan fingerprint density at radius 3 is 2.12 bits per heavy atom. The summed E-state index contributed by atoms with van der Waals surface area (Å²) < 4.78 is 138. The van der Waals surface area contributed by atoms with Crippen LogP contribution in [0.3, 0.4) is 0 Å². The van der Waals surface area contributed by atoms with E-state index in [0.717, 1.165) is 16.7 Å². The number of fused-ring (bicyclic) bond motifs is 1. The molecule has 6 aromatic carbocycles. The molecule has 0 fully saturated rings. The highest BCUT2D eigenvalue weighted by atomic mass is 16.3. The van der Waals surface area contributed by atoms with Crippen molar-refractivity contribution >= 4 is 11.0 Å². The van der Waals surface area contributed by atoms with Crippen LogP contribution < -0.4 is 0 Å². The van der Waals surface area contributed by atoms with E-state index in [1.54, 1.807) is 19.1 Å². The van der Waals surface area contributed by atoms with Crippen LogP contribution in [0.4, 0.5) is 0 Å². The molecule has 2 aromatic heterocycles. The number of imidazole rings is 1. The van der Waals surface area contributed by atoms with Crippen molar-refractivity contribution < 1.29 is 27.0 Å². The van der Waals surface area contributed by atoms with Crippen LogP contribution in [-0.4, -0.2) is 19.6 Å². The molecule has 4 heteroatoms. The summed E-state index contributed by atoms with van der Waals surface area (Å²) in [6, 6.07) is 28.7. The molecule has 0 bridgehead atoms. The molecule has 57 heavy (non-hydrogen) atoms. The average molecular weight is 762 g/mol. The number of benzene rings is 6. The minimum absolute atomic E-state index is 0.00572. The van der Waals surface area contributed by atoms with Crippen molar-refractivity contribution in [1.29, 1.82) is 0 Å². The molecular formula is C53H51N3O. The molecular weight excluding hydrogens is 695 g/mol. The van der Waals surface area contributed by atoms with Crippen LogP contribution in [0.2, 0.25) is 0 Å². The standard InChI is InChI=1S/C53H51N3O/c1-33-26-35(3)50(57)46(27-33)51-55-49-45(16-13-17-48(49)56(51)43-22-23-44(34(2)28-43)37-14-11-10-12-15-37)39-29-40(31-42(30-39)53(7,8)9)47-32-38(24-25-54-47)36-18-20-41(21-19-36)52(4,5)6/h10-32,57H,1-9H3/i2D3,4D3,5D3,6D3,18D,19D,20D,21D. The Morgan fingerprint density at radius 2 is 1.39 bits per heavy atom. The molecule has 4 nitrogen and oxygen atoms in total. The van der Waals surface area contributed by atoms with Gasteiger partial charge in [0.1, 0.15) is 11.6 Å². The van der Waals surface area contributed by atoms with E-state index >= 15 is 0 Å². The van der Waals surface area contributed by atoms with Crippen molar-refractivity contribution in [3.05, 3.63) is 167 Å². The van der Waals surface area contributed by atoms with Gasteiger partial charge in [-0.3, -0.25) is 9.55 Å². The zero-order valence-corrected chi connectivity index (χ0v) is 32.3. The fourth-order valence-electron chi connectivity index (χ4n) is 7.20. The average Bonchev–Trinajstić information content (AvgIpc) is 3.69. The molecule has 0 amide bonds. The van der Waals surface area contributed by atoms with Crippen LogP contribution in [0.5, 0.6) is 5.75 Å². The number of hydrogen-bond acceptors (Lipinski definition) is 3. The predicted octanol–water partition coefficient (Wildman–Crippen LogP) is 14.0. The largest absolute Gasteiger partial charge is 0.507 e. The van der Waals surface area contributed by atoms with E-state index in [1.807, 2.05) is 117 Å². The van der Waals surface area contributed by atoms with Gasteiger partial charge < -0.3 is 5.11 Å². The van der Waals surface area contributed by atoms with Gasteiger partial charge in [-0.15, -0.1) is 0 Å². The van der Waals surface area contributed by atoms with Gasteiger partial charge >= 0.3 is 0 Å². The molecule has 0 aliphatic carbocycles. The zero-order chi connectivity index (χ0) is 53.7. The molecule has 0 spiro atoms. The number of aryl methyl sites for hydroxylation is 3. The smallest absolute Gasteiger partial charge is 0.149 e. The van der Waals surface area contributed by atoms with E-state index in [1.165, 1.54) is 18.3 Å². The number of phenols is 1. The maximum absolute atomic E-state index is 11.7. The van der Waals surface area contributed by atoms with E-state index in [4.69, 9.17) is 26.9 Å². The third-order valence-electron chi connectivity index (χ3n) is 10.2. The summed E-state index contributed by atoms with van der Waals surface area (Å²) >= 11 is 0. The summed E-state index contributed by atoms with van der Waals surface area (Å²) in [7, 11) is 0. The molecule has 0 atom stereocenters. The second-order valence-electron chi connectivity index (χ2n) is 15.5. The van der Waals surface area contributed by atoms with E-state index in [2.05, 4.69) is 4.98 Å². The number of aromatic nitrogens is 3. The summed E-state index contributed by atoms with van der Waals surface area (Å²) in [5.74, 6) is 0.364. The Bertz CT molecular complexity index is 3410. The lowest BCUT2D eigenvalue weighted by Crippen LogP contribution is -2.11. The second kappa shape index (κ2) is 14.4. The first-order valence-electron chi connectivity index (χ1n) is 26.6. The lowest BCUT2D eigenvalue weighted by Gasteiger charge is -2.22. The molecule has 1 N–H and O–H groups in total. The number of rotatable bonds is 6. The summed E-state index contributed by atoms with van der Waals surface area (Å²) in [4.78, 5) is 9.93. The third-order valence-corrected chi connectivity index (χ3v) is 10.2. The molecule has 0 aliphatic rings. The maximum atomic E-state index is 11.7. The lowest BCUT2D eigenvalue weighted by molar-refractivity contribution is 0.472. The summed E-state index contributed by atoms with van der Waals surface area (Å²) in [5, 5.41) is 11.7. The molecule has 2 heterocycles. The van der Waals surface area contributed by atoms with Gasteiger partial charge in [-0.05, 0) is 136 Å². The van der Waals surface area contributed by atoms with Crippen molar-refractivity contribution in [2.75, 3.05) is 0 Å². The van der Waals surface area contributed by atoms with Gasteiger partial charge in [-0.1, -0.05) is 126 Å². The molecule has 284 valence electrons. The zero-order valence-electron chi connectivity index (χ0n) is 48.3. The Morgan fingerprint density at radius 1 is 0.614 bits per heavy atom. The van der Waals surface area contributed by atoms with E-state index in [9.17, 15) is 5.11 Å². The van der Waals surface area contributed by atoms with Crippen molar-refractivity contribution in [2.45, 2.75) is 72.9 Å². The maximum Gasteiger partial charge on any atom is 0.149 e. The predicted molar refractivity (Wildman–Crippen MR) is 239 cm³/mol. The minimum atomic E-state index is -3.82.